The molecule has 0 saturated carbocycles. The zero-order valence-corrected chi connectivity index (χ0v) is 20.1. The Morgan fingerprint density at radius 2 is 1.80 bits per heavy atom. The third-order valence-corrected chi connectivity index (χ3v) is 7.58. The average Bonchev–Trinajstić information content (AvgIpc) is 2.64. The summed E-state index contributed by atoms with van der Waals surface area (Å²) in [4.78, 5) is 25.8. The summed E-state index contributed by atoms with van der Waals surface area (Å²) >= 11 is 1.52. The topological polar surface area (TPSA) is 92.8 Å². The lowest BCUT2D eigenvalue weighted by Gasteiger charge is -2.35. The number of amides is 1. The van der Waals surface area contributed by atoms with Crippen LogP contribution >= 0.6 is 11.8 Å². The maximum atomic E-state index is 13.2. The Morgan fingerprint density at radius 3 is 2.33 bits per heavy atom. The van der Waals surface area contributed by atoms with E-state index in [0.717, 1.165) is 5.56 Å². The van der Waals surface area contributed by atoms with Crippen molar-refractivity contribution in [3.8, 4) is 0 Å². The van der Waals surface area contributed by atoms with E-state index in [1.165, 1.54) is 16.1 Å². The van der Waals surface area contributed by atoms with Gasteiger partial charge in [0.05, 0.1) is 4.90 Å². The summed E-state index contributed by atoms with van der Waals surface area (Å²) in [6, 6.07) is 4.83. The summed E-state index contributed by atoms with van der Waals surface area (Å²) in [5, 5.41) is 2.74. The molecule has 30 heavy (non-hydrogen) atoms. The van der Waals surface area contributed by atoms with Crippen molar-refractivity contribution in [1.82, 2.24) is 9.62 Å². The van der Waals surface area contributed by atoms with E-state index in [9.17, 15) is 18.0 Å². The van der Waals surface area contributed by atoms with Crippen molar-refractivity contribution in [2.45, 2.75) is 64.1 Å². The van der Waals surface area contributed by atoms with Gasteiger partial charge in [0.2, 0.25) is 15.9 Å². The lowest BCUT2D eigenvalue weighted by Crippen LogP contribution is -2.57. The lowest BCUT2D eigenvalue weighted by atomic mass is 10.0. The van der Waals surface area contributed by atoms with Crippen LogP contribution < -0.4 is 5.32 Å². The molecule has 2 rings (SSSR count). The Kier molecular flexibility index (Phi) is 7.98. The van der Waals surface area contributed by atoms with Crippen molar-refractivity contribution in [2.24, 2.45) is 5.92 Å². The van der Waals surface area contributed by atoms with E-state index in [1.807, 2.05) is 20.8 Å². The van der Waals surface area contributed by atoms with Gasteiger partial charge in [-0.05, 0) is 45.7 Å². The molecule has 1 amide bonds. The van der Waals surface area contributed by atoms with Crippen molar-refractivity contribution in [3.63, 3.8) is 0 Å². The quantitative estimate of drug-likeness (QED) is 0.662. The normalized spacial score (nSPS) is 19.4. The van der Waals surface area contributed by atoms with E-state index in [1.54, 1.807) is 45.0 Å². The largest absolute Gasteiger partial charge is 0.458 e. The molecule has 2 atom stereocenters. The molecule has 1 fully saturated rings. The minimum atomic E-state index is -3.84. The van der Waals surface area contributed by atoms with Crippen LogP contribution in [0.5, 0.6) is 0 Å². The van der Waals surface area contributed by atoms with E-state index in [4.69, 9.17) is 4.74 Å². The highest BCUT2D eigenvalue weighted by atomic mass is 32.2. The molecular weight excluding hydrogens is 424 g/mol. The highest BCUT2D eigenvalue weighted by Crippen LogP contribution is 2.25. The van der Waals surface area contributed by atoms with Crippen molar-refractivity contribution in [1.29, 1.82) is 0 Å². The molecule has 1 aliphatic heterocycles. The second kappa shape index (κ2) is 9.70. The van der Waals surface area contributed by atoms with Gasteiger partial charge in [-0.1, -0.05) is 31.5 Å². The number of thioether (sulfide) groups is 1. The SMILES string of the molecule is Cc1ccc(S(=O)(=O)N2CCSC[C@H]2C(=O)NC(C(=O)OC(C)(C)C)C(C)C)cc1. The van der Waals surface area contributed by atoms with Gasteiger partial charge >= 0.3 is 5.97 Å². The van der Waals surface area contributed by atoms with Crippen molar-refractivity contribution in [3.05, 3.63) is 29.8 Å². The predicted molar refractivity (Wildman–Crippen MR) is 119 cm³/mol. The first-order valence-electron chi connectivity index (χ1n) is 10.0. The number of sulfonamides is 1. The van der Waals surface area contributed by atoms with Gasteiger partial charge in [0.25, 0.3) is 0 Å². The molecule has 0 spiro atoms. The molecule has 1 saturated heterocycles. The number of ether oxygens (including phenoxy) is 1. The summed E-state index contributed by atoms with van der Waals surface area (Å²) in [6.45, 7) is 11.0. The number of hydrogen-bond acceptors (Lipinski definition) is 6. The fourth-order valence-corrected chi connectivity index (χ4v) is 5.89. The third-order valence-electron chi connectivity index (χ3n) is 4.63. The van der Waals surface area contributed by atoms with E-state index < -0.39 is 39.6 Å². The van der Waals surface area contributed by atoms with Gasteiger partial charge in [-0.2, -0.15) is 16.1 Å². The molecular formula is C21H32N2O5S2. The van der Waals surface area contributed by atoms with Crippen LogP contribution in [0.25, 0.3) is 0 Å². The molecule has 1 N–H and O–H groups in total. The lowest BCUT2D eigenvalue weighted by molar-refractivity contribution is -0.160. The summed E-state index contributed by atoms with van der Waals surface area (Å²) in [5.41, 5.74) is 0.269. The van der Waals surface area contributed by atoms with Crippen LogP contribution in [-0.4, -0.2) is 60.3 Å². The average molecular weight is 457 g/mol. The van der Waals surface area contributed by atoms with E-state index in [-0.39, 0.29) is 17.4 Å². The van der Waals surface area contributed by atoms with Gasteiger partial charge in [-0.15, -0.1) is 0 Å². The van der Waals surface area contributed by atoms with Crippen LogP contribution in [0.1, 0.15) is 40.2 Å². The fraction of sp³-hybridized carbons (Fsp3) is 0.619. The molecule has 1 aromatic carbocycles. The number of rotatable bonds is 6. The smallest absolute Gasteiger partial charge is 0.329 e. The van der Waals surface area contributed by atoms with Gasteiger partial charge < -0.3 is 10.1 Å². The third kappa shape index (κ3) is 6.21. The summed E-state index contributed by atoms with van der Waals surface area (Å²) in [5.74, 6) is -0.281. The van der Waals surface area contributed by atoms with Gasteiger partial charge in [-0.25, -0.2) is 13.2 Å². The zero-order valence-electron chi connectivity index (χ0n) is 18.5. The summed E-state index contributed by atoms with van der Waals surface area (Å²) in [7, 11) is -3.84. The van der Waals surface area contributed by atoms with E-state index in [2.05, 4.69) is 5.32 Å². The Morgan fingerprint density at radius 1 is 1.20 bits per heavy atom. The zero-order chi connectivity index (χ0) is 22.7. The number of benzene rings is 1. The Labute approximate surface area is 184 Å². The Balaban J connectivity index is 2.25. The number of nitrogens with zero attached hydrogens (tertiary/aromatic N) is 1. The number of hydrogen-bond donors (Lipinski definition) is 1. The molecule has 7 nitrogen and oxygen atoms in total. The van der Waals surface area contributed by atoms with Crippen LogP contribution in [0, 0.1) is 12.8 Å². The van der Waals surface area contributed by atoms with Gasteiger partial charge in [-0.3, -0.25) is 4.79 Å². The highest BCUT2D eigenvalue weighted by Gasteiger charge is 2.40. The first kappa shape index (κ1) is 24.7. The maximum Gasteiger partial charge on any atom is 0.329 e. The van der Waals surface area contributed by atoms with Crippen LogP contribution in [0.2, 0.25) is 0 Å². The highest BCUT2D eigenvalue weighted by molar-refractivity contribution is 7.99. The minimum absolute atomic E-state index is 0.158. The molecule has 9 heteroatoms. The summed E-state index contributed by atoms with van der Waals surface area (Å²) < 4.78 is 33.1. The molecule has 1 heterocycles. The molecule has 0 bridgehead atoms. The monoisotopic (exact) mass is 456 g/mol. The molecule has 0 radical (unpaired) electrons. The second-order valence-electron chi connectivity index (χ2n) is 8.78. The van der Waals surface area contributed by atoms with Crippen molar-refractivity contribution >= 4 is 33.7 Å². The molecule has 0 aliphatic carbocycles. The maximum absolute atomic E-state index is 13.2. The van der Waals surface area contributed by atoms with E-state index in [0.29, 0.717) is 11.5 Å². The van der Waals surface area contributed by atoms with Crippen molar-refractivity contribution in [2.75, 3.05) is 18.1 Å². The Bertz CT molecular complexity index is 860. The van der Waals surface area contributed by atoms with Gasteiger partial charge in [0.1, 0.15) is 17.7 Å². The number of esters is 1. The molecule has 0 aromatic heterocycles. The standard InChI is InChI=1S/C21H32N2O5S2/c1-14(2)18(20(25)28-21(4,5)6)22-19(24)17-13-29-12-11-23(17)30(26,27)16-9-7-15(3)8-10-16/h7-10,14,17-18H,11-13H2,1-6H3,(H,22,24)/t17-,18?/m0/s1. The molecule has 1 aromatic rings. The second-order valence-corrected chi connectivity index (χ2v) is 11.8. The predicted octanol–water partition coefficient (Wildman–Crippen LogP) is 2.58. The summed E-state index contributed by atoms with van der Waals surface area (Å²) in [6.07, 6.45) is 0. The Hall–Kier alpha value is -1.58. The van der Waals surface area contributed by atoms with Crippen LogP contribution in [-0.2, 0) is 24.3 Å². The van der Waals surface area contributed by atoms with Crippen LogP contribution in [0.4, 0.5) is 0 Å². The number of carbonyl (C=O) groups is 2. The van der Waals surface area contributed by atoms with E-state index >= 15 is 0 Å². The molecule has 168 valence electrons. The van der Waals surface area contributed by atoms with Crippen LogP contribution in [0.15, 0.2) is 29.2 Å². The number of nitrogens with one attached hydrogen (secondary N) is 1. The fourth-order valence-electron chi connectivity index (χ4n) is 3.04. The number of aryl methyl sites for hydroxylation is 1. The van der Waals surface area contributed by atoms with Gasteiger partial charge in [0, 0.05) is 18.1 Å². The van der Waals surface area contributed by atoms with Crippen LogP contribution in [0.3, 0.4) is 0 Å². The first-order valence-corrected chi connectivity index (χ1v) is 12.6. The molecule has 1 aliphatic rings. The minimum Gasteiger partial charge on any atom is -0.458 e. The first-order chi connectivity index (χ1) is 13.8. The molecule has 1 unspecified atom stereocenters. The number of carbonyl (C=O) groups excluding carboxylic acids is 2. The van der Waals surface area contributed by atoms with Gasteiger partial charge in [0.15, 0.2) is 0 Å². The van der Waals surface area contributed by atoms with Crippen molar-refractivity contribution < 1.29 is 22.7 Å².